The van der Waals surface area contributed by atoms with Crippen LogP contribution in [0.1, 0.15) is 35.1 Å². The van der Waals surface area contributed by atoms with Gasteiger partial charge in [-0.05, 0) is 6.92 Å². The Balaban J connectivity index is 0.000000549. The molecule has 39 heavy (non-hydrogen) atoms. The van der Waals surface area contributed by atoms with Gasteiger partial charge in [0.15, 0.2) is 18.9 Å². The van der Waals surface area contributed by atoms with E-state index in [1.165, 1.54) is 21.3 Å². The van der Waals surface area contributed by atoms with E-state index < -0.39 is 67.2 Å². The molecular formula is C25H53NO13. The van der Waals surface area contributed by atoms with Gasteiger partial charge in [0.05, 0.1) is 37.1 Å². The zero-order valence-electron chi connectivity index (χ0n) is 23.3. The minimum Gasteiger partial charge on any atom is -0.394 e. The van der Waals surface area contributed by atoms with E-state index in [1.54, 1.807) is 27.7 Å². The van der Waals surface area contributed by atoms with Crippen molar-refractivity contribution in [3.05, 3.63) is 0 Å². The monoisotopic (exact) mass is 575 g/mol. The molecule has 0 saturated carbocycles. The second kappa shape index (κ2) is 17.4. The first-order chi connectivity index (χ1) is 17.7. The smallest absolute Gasteiger partial charge is 0.183 e. The molecule has 3 heterocycles. The summed E-state index contributed by atoms with van der Waals surface area (Å²) in [5.74, 6) is -0.890. The van der Waals surface area contributed by atoms with Crippen molar-refractivity contribution in [2.75, 3.05) is 41.1 Å². The topological polar surface area (TPSA) is 223 Å². The largest absolute Gasteiger partial charge is 0.394 e. The number of methoxy groups -OCH3 is 3. The van der Waals surface area contributed by atoms with E-state index >= 15 is 0 Å². The summed E-state index contributed by atoms with van der Waals surface area (Å²) in [7, 11) is 4.33. The lowest BCUT2D eigenvalue weighted by atomic mass is 9.84. The first kappa shape index (κ1) is 38.4. The molecule has 14 heteroatoms. The van der Waals surface area contributed by atoms with Crippen LogP contribution in [0.2, 0.25) is 0 Å². The number of nitrogens with two attached hydrogens (primary N) is 1. The van der Waals surface area contributed by atoms with Gasteiger partial charge >= 0.3 is 0 Å². The van der Waals surface area contributed by atoms with Gasteiger partial charge in [-0.1, -0.05) is 28.2 Å². The fraction of sp³-hybridized carbons (Fsp3) is 1.00. The van der Waals surface area contributed by atoms with Gasteiger partial charge in [-0.15, -0.1) is 0 Å². The van der Waals surface area contributed by atoms with Crippen molar-refractivity contribution in [3.8, 4) is 0 Å². The zero-order valence-corrected chi connectivity index (χ0v) is 23.3. The predicted molar refractivity (Wildman–Crippen MR) is 139 cm³/mol. The normalized spacial score (nSPS) is 46.1. The Morgan fingerprint density at radius 1 is 0.744 bits per heavy atom. The Labute approximate surface area is 231 Å². The van der Waals surface area contributed by atoms with Crippen LogP contribution in [0.15, 0.2) is 0 Å². The maximum Gasteiger partial charge on any atom is 0.183 e. The number of ether oxygens (including phenoxy) is 6. The molecule has 14 nitrogen and oxygen atoms in total. The summed E-state index contributed by atoms with van der Waals surface area (Å²) in [6.45, 7) is 6.99. The molecule has 0 amide bonds. The van der Waals surface area contributed by atoms with Crippen LogP contribution >= 0.6 is 0 Å². The van der Waals surface area contributed by atoms with Crippen molar-refractivity contribution >= 4 is 0 Å². The summed E-state index contributed by atoms with van der Waals surface area (Å²) in [4.78, 5) is 0. The lowest BCUT2D eigenvalue weighted by Crippen LogP contribution is -2.55. The Morgan fingerprint density at radius 3 is 1.54 bits per heavy atom. The third kappa shape index (κ3) is 9.75. The summed E-state index contributed by atoms with van der Waals surface area (Å²) in [6, 6.07) is 0. The van der Waals surface area contributed by atoms with Crippen LogP contribution in [-0.2, 0) is 28.4 Å². The third-order valence-corrected chi connectivity index (χ3v) is 7.51. The van der Waals surface area contributed by atoms with E-state index in [0.29, 0.717) is 0 Å². The Morgan fingerprint density at radius 2 is 1.15 bits per heavy atom. The van der Waals surface area contributed by atoms with Gasteiger partial charge in [0.2, 0.25) is 0 Å². The predicted octanol–water partition coefficient (Wildman–Crippen LogP) is -2.24. The van der Waals surface area contributed by atoms with Gasteiger partial charge in [0.25, 0.3) is 0 Å². The third-order valence-electron chi connectivity index (χ3n) is 7.51. The van der Waals surface area contributed by atoms with Crippen molar-refractivity contribution < 1.29 is 64.2 Å². The zero-order chi connectivity index (χ0) is 29.4. The number of aliphatic hydroxyl groups is 7. The van der Waals surface area contributed by atoms with Gasteiger partial charge in [-0.25, -0.2) is 0 Å². The molecular weight excluding hydrogens is 522 g/mol. The van der Waals surface area contributed by atoms with Crippen molar-refractivity contribution in [3.63, 3.8) is 0 Å². The number of hydrogen-bond acceptors (Lipinski definition) is 14. The highest BCUT2D eigenvalue weighted by molar-refractivity contribution is 4.89. The molecule has 3 saturated heterocycles. The van der Waals surface area contributed by atoms with Crippen LogP contribution in [0, 0.1) is 17.8 Å². The quantitative estimate of drug-likeness (QED) is 0.174. The van der Waals surface area contributed by atoms with E-state index in [9.17, 15) is 30.6 Å². The lowest BCUT2D eigenvalue weighted by Gasteiger charge is -2.41. The molecule has 0 aromatic heterocycles. The van der Waals surface area contributed by atoms with Crippen LogP contribution in [0.5, 0.6) is 0 Å². The van der Waals surface area contributed by atoms with Crippen LogP contribution in [0.25, 0.3) is 0 Å². The van der Waals surface area contributed by atoms with E-state index in [0.717, 1.165) is 0 Å². The number of aliphatic hydroxyl groups excluding tert-OH is 6. The summed E-state index contributed by atoms with van der Waals surface area (Å²) >= 11 is 0. The molecule has 3 rings (SSSR count). The average molecular weight is 576 g/mol. The molecule has 8 unspecified atom stereocenters. The summed E-state index contributed by atoms with van der Waals surface area (Å²) in [5.41, 5.74) is 4.43. The molecule has 3 aliphatic rings. The van der Waals surface area contributed by atoms with Crippen LogP contribution < -0.4 is 5.73 Å². The van der Waals surface area contributed by atoms with Crippen molar-refractivity contribution in [2.45, 2.75) is 102 Å². The first-order valence-corrected chi connectivity index (χ1v) is 12.7. The Bertz CT molecular complexity index is 583. The second-order valence-electron chi connectivity index (χ2n) is 10.2. The summed E-state index contributed by atoms with van der Waals surface area (Å²) in [5, 5.41) is 66.3. The van der Waals surface area contributed by atoms with Crippen LogP contribution in [0.4, 0.5) is 0 Å². The van der Waals surface area contributed by atoms with Gasteiger partial charge in [-0.2, -0.15) is 0 Å². The molecule has 9 N–H and O–H groups in total. The van der Waals surface area contributed by atoms with E-state index in [-0.39, 0.29) is 44.9 Å². The lowest BCUT2D eigenvalue weighted by molar-refractivity contribution is -0.280. The average Bonchev–Trinajstić information content (AvgIpc) is 2.90. The first-order valence-electron chi connectivity index (χ1n) is 12.7. The van der Waals surface area contributed by atoms with E-state index in [2.05, 4.69) is 0 Å². The van der Waals surface area contributed by atoms with Crippen LogP contribution in [0.3, 0.4) is 0 Å². The molecule has 0 bridgehead atoms. The SMILES string of the molecule is C.COC1OC(CN)C(O)[C@@H](C)[C@H]1O.COC1OC(CO)C(O)[C@@H](C)[C@H]1O.COC1OCC(C)(O)[C@@H](C)[C@H]1O. The molecule has 0 spiro atoms. The van der Waals surface area contributed by atoms with Crippen molar-refractivity contribution in [1.82, 2.24) is 0 Å². The molecule has 3 fully saturated rings. The van der Waals surface area contributed by atoms with Gasteiger partial charge < -0.3 is 69.9 Å². The van der Waals surface area contributed by atoms with Gasteiger partial charge in [-0.3, -0.25) is 0 Å². The van der Waals surface area contributed by atoms with Crippen molar-refractivity contribution in [1.29, 1.82) is 0 Å². The minimum absolute atomic E-state index is 0. The molecule has 14 atom stereocenters. The molecule has 0 aromatic rings. The highest BCUT2D eigenvalue weighted by Crippen LogP contribution is 2.29. The molecule has 3 aliphatic heterocycles. The van der Waals surface area contributed by atoms with Gasteiger partial charge in [0, 0.05) is 45.6 Å². The number of hydrogen-bond donors (Lipinski definition) is 8. The maximum atomic E-state index is 9.69. The standard InChI is InChI=1S/C8H17NO4.C8H16O5.C8H16O4.CH4/c2*1-4-6(10)5(3-9)13-8(12-2)7(4)11;1-5-6(9)7(11-3)12-4-8(5,2)10;/h4-8,10-11H,3,9H2,1-2H3;4-11H,3H2,1-2H3;5-7,9-10H,4H2,1-3H3;1H4/t2*4-,5?,6?,7-,8?;5-,6+,7?,8?;/m110./s1. The maximum absolute atomic E-state index is 9.69. The van der Waals surface area contributed by atoms with Gasteiger partial charge in [0.1, 0.15) is 24.4 Å². The van der Waals surface area contributed by atoms with E-state index in [4.69, 9.17) is 39.3 Å². The highest BCUT2D eigenvalue weighted by atomic mass is 16.7. The van der Waals surface area contributed by atoms with E-state index in [1.807, 2.05) is 0 Å². The second-order valence-corrected chi connectivity index (χ2v) is 10.2. The Hall–Kier alpha value is -0.560. The molecule has 0 radical (unpaired) electrons. The molecule has 236 valence electrons. The summed E-state index contributed by atoms with van der Waals surface area (Å²) in [6.07, 6.45) is -7.21. The molecule has 0 aliphatic carbocycles. The fourth-order valence-corrected chi connectivity index (χ4v) is 4.27. The fourth-order valence-electron chi connectivity index (χ4n) is 4.27. The Kier molecular flexibility index (Phi) is 17.2. The molecule has 0 aromatic carbocycles. The highest BCUT2D eigenvalue weighted by Gasteiger charge is 2.44. The summed E-state index contributed by atoms with van der Waals surface area (Å²) < 4.78 is 30.1. The number of rotatable bonds is 5. The van der Waals surface area contributed by atoms with Crippen LogP contribution in [-0.4, -0.2) is 144 Å². The van der Waals surface area contributed by atoms with Crippen molar-refractivity contribution in [2.24, 2.45) is 23.5 Å². The minimum atomic E-state index is -0.964.